The van der Waals surface area contributed by atoms with Crippen LogP contribution in [0.3, 0.4) is 0 Å². The van der Waals surface area contributed by atoms with Crippen LogP contribution in [0.15, 0.2) is 0 Å². The molecule has 5 aliphatic rings. The van der Waals surface area contributed by atoms with Crippen LogP contribution < -0.4 is 29.6 Å². The monoisotopic (exact) mass is 760 g/mol. The van der Waals surface area contributed by atoms with Crippen molar-refractivity contribution in [1.29, 1.82) is 0 Å². The third kappa shape index (κ3) is 8.17. The number of methoxy groups -OCH3 is 1. The van der Waals surface area contributed by atoms with Crippen LogP contribution in [0.1, 0.15) is 86.0 Å². The van der Waals surface area contributed by atoms with E-state index in [-0.39, 0.29) is 60.8 Å². The van der Waals surface area contributed by atoms with E-state index < -0.39 is 106 Å². The van der Waals surface area contributed by atoms with Crippen molar-refractivity contribution in [3.63, 3.8) is 0 Å². The average molecular weight is 761 g/mol. The van der Waals surface area contributed by atoms with Crippen molar-refractivity contribution in [2.45, 2.75) is 147 Å². The zero-order chi connectivity index (χ0) is 37.1. The van der Waals surface area contributed by atoms with Gasteiger partial charge in [-0.25, -0.2) is 8.42 Å². The van der Waals surface area contributed by atoms with E-state index in [2.05, 4.69) is 13.8 Å². The SMILES string of the molecule is CO[C@@H]1CO[C@@H](OCC[C@@H](CC[C@@H](C)[C@H]2[C@@H](O)[C@@H](O)[C@@H]3[C@]2(C)CC[C@@H]2[C@@]4(C)CC[C@H](O)[C@H](O)[C@@H]4[C@@H](OS(=O)(=O)[O-])C[C@]23O)C(C)C)[C@H](O)[C@H]1O.[Na+]. The van der Waals surface area contributed by atoms with Gasteiger partial charge in [-0.1, -0.05) is 41.0 Å². The smallest absolute Gasteiger partial charge is 0.726 e. The number of ether oxygens (including phenoxy) is 3. The van der Waals surface area contributed by atoms with Crippen LogP contribution in [0, 0.1) is 52.3 Å². The zero-order valence-corrected chi connectivity index (χ0v) is 34.0. The third-order valence-corrected chi connectivity index (χ3v) is 14.7. The van der Waals surface area contributed by atoms with Crippen molar-refractivity contribution in [3.8, 4) is 0 Å². The van der Waals surface area contributed by atoms with E-state index in [1.165, 1.54) is 7.11 Å². The third-order valence-electron chi connectivity index (χ3n) is 14.2. The van der Waals surface area contributed by atoms with Gasteiger partial charge in [-0.2, -0.15) is 0 Å². The Morgan fingerprint density at radius 3 is 2.12 bits per heavy atom. The van der Waals surface area contributed by atoms with Crippen molar-refractivity contribution < 1.29 is 96.7 Å². The first kappa shape index (κ1) is 44.2. The summed E-state index contributed by atoms with van der Waals surface area (Å²) in [5.41, 5.74) is -3.37. The Balaban J connectivity index is 0.00000583. The zero-order valence-electron chi connectivity index (χ0n) is 31.2. The molecule has 5 rings (SSSR count). The first-order valence-electron chi connectivity index (χ1n) is 18.4. The minimum absolute atomic E-state index is 0. The summed E-state index contributed by atoms with van der Waals surface area (Å²) in [4.78, 5) is 0. The molecule has 5 fully saturated rings. The van der Waals surface area contributed by atoms with Crippen molar-refractivity contribution in [1.82, 2.24) is 0 Å². The van der Waals surface area contributed by atoms with Gasteiger partial charge in [0.2, 0.25) is 10.4 Å². The van der Waals surface area contributed by atoms with E-state index in [0.29, 0.717) is 44.6 Å². The molecule has 4 aliphatic carbocycles. The molecule has 18 atom stereocenters. The first-order chi connectivity index (χ1) is 23.2. The van der Waals surface area contributed by atoms with Crippen LogP contribution in [0.2, 0.25) is 0 Å². The molecule has 0 unspecified atom stereocenters. The van der Waals surface area contributed by atoms with Gasteiger partial charge in [-0.05, 0) is 78.9 Å². The van der Waals surface area contributed by atoms with Crippen molar-refractivity contribution in [3.05, 3.63) is 0 Å². The molecule has 0 aromatic carbocycles. The summed E-state index contributed by atoms with van der Waals surface area (Å²) in [5.74, 6) is -2.26. The normalized spacial score (nSPS) is 48.3. The topological polar surface area (TPSA) is 236 Å². The fourth-order valence-electron chi connectivity index (χ4n) is 11.8. The summed E-state index contributed by atoms with van der Waals surface area (Å²) in [6.45, 7) is 10.5. The van der Waals surface area contributed by atoms with Gasteiger partial charge in [0.25, 0.3) is 0 Å². The molecule has 0 spiro atoms. The minimum atomic E-state index is -5.25. The molecule has 0 amide bonds. The second-order valence-electron chi connectivity index (χ2n) is 17.1. The Hall–Kier alpha value is 0.470. The molecular weight excluding hydrogens is 699 g/mol. The summed E-state index contributed by atoms with van der Waals surface area (Å²) >= 11 is 0. The summed E-state index contributed by atoms with van der Waals surface area (Å²) in [6.07, 6.45) is -6.91. The van der Waals surface area contributed by atoms with E-state index in [9.17, 15) is 48.7 Å². The number of rotatable bonds is 12. The Bertz CT molecular complexity index is 1280. The molecule has 1 aliphatic heterocycles. The van der Waals surface area contributed by atoms with E-state index in [1.54, 1.807) is 0 Å². The van der Waals surface area contributed by atoms with Gasteiger partial charge in [0.15, 0.2) is 6.29 Å². The van der Waals surface area contributed by atoms with Gasteiger partial charge in [-0.15, -0.1) is 0 Å². The Kier molecular flexibility index (Phi) is 14.3. The van der Waals surface area contributed by atoms with Gasteiger partial charge in [0, 0.05) is 25.4 Å². The Morgan fingerprint density at radius 2 is 1.51 bits per heavy atom. The second kappa shape index (κ2) is 16.5. The quantitative estimate of drug-likeness (QED) is 0.0629. The van der Waals surface area contributed by atoms with E-state index in [4.69, 9.17) is 18.4 Å². The van der Waals surface area contributed by atoms with E-state index in [1.807, 2.05) is 20.8 Å². The number of hydrogen-bond acceptors (Lipinski definition) is 14. The maximum absolute atomic E-state index is 12.7. The summed E-state index contributed by atoms with van der Waals surface area (Å²) in [7, 11) is -3.81. The maximum atomic E-state index is 12.7. The van der Waals surface area contributed by atoms with Crippen LogP contribution in [-0.4, -0.2) is 130 Å². The van der Waals surface area contributed by atoms with Crippen molar-refractivity contribution >= 4 is 10.4 Å². The van der Waals surface area contributed by atoms with Gasteiger partial charge >= 0.3 is 29.6 Å². The van der Waals surface area contributed by atoms with Gasteiger partial charge in [0.1, 0.15) is 18.3 Å². The maximum Gasteiger partial charge on any atom is 1.00 e. The van der Waals surface area contributed by atoms with E-state index >= 15 is 0 Å². The van der Waals surface area contributed by atoms with Gasteiger partial charge < -0.3 is 54.5 Å². The molecule has 292 valence electrons. The molecule has 7 N–H and O–H groups in total. The van der Waals surface area contributed by atoms with Crippen molar-refractivity contribution in [2.24, 2.45) is 52.3 Å². The first-order valence-corrected chi connectivity index (χ1v) is 19.8. The molecule has 0 aromatic rings. The van der Waals surface area contributed by atoms with Crippen LogP contribution in [-0.2, 0) is 28.8 Å². The molecule has 1 saturated heterocycles. The van der Waals surface area contributed by atoms with Crippen LogP contribution in [0.25, 0.3) is 0 Å². The predicted molar refractivity (Wildman–Crippen MR) is 177 cm³/mol. The van der Waals surface area contributed by atoms with Crippen LogP contribution in [0.5, 0.6) is 0 Å². The number of aliphatic hydroxyl groups excluding tert-OH is 6. The fourth-order valence-corrected chi connectivity index (χ4v) is 12.3. The second-order valence-corrected chi connectivity index (χ2v) is 18.1. The molecule has 16 heteroatoms. The standard InChI is InChI=1S/C35H62O14S.Na/c1-17(2)19(11-14-47-32-30(41)27(38)22(46-6)16-48-32)8-7-18(3)24-28(39)29(40)31-34(24,5)13-10-23-33(4)12-9-20(36)26(37)25(33)21(15-35(23,31)42)49-50(43,44)45;/h17-32,36-42H,7-16H2,1-6H3,(H,43,44,45);/q;+1/p-1/t18-,19-,20+,21+,22-,23-,24+,25+,26+,27+,28-,29-,30-,31-,32-,33-,34-,35+;/m1./s1. The van der Waals surface area contributed by atoms with Crippen LogP contribution >= 0.6 is 0 Å². The summed E-state index contributed by atoms with van der Waals surface area (Å²) in [6, 6.07) is 0. The fraction of sp³-hybridized carbons (Fsp3) is 1.00. The van der Waals surface area contributed by atoms with Gasteiger partial charge in [-0.3, -0.25) is 4.18 Å². The number of hydrogen-bond donors (Lipinski definition) is 7. The number of aliphatic hydroxyl groups is 7. The molecule has 4 saturated carbocycles. The minimum Gasteiger partial charge on any atom is -0.726 e. The number of fused-ring (bicyclic) bond motifs is 5. The Labute approximate surface area is 324 Å². The molecule has 14 nitrogen and oxygen atoms in total. The molecule has 0 bridgehead atoms. The van der Waals surface area contributed by atoms with Crippen molar-refractivity contribution in [2.75, 3.05) is 20.3 Å². The van der Waals surface area contributed by atoms with Crippen LogP contribution in [0.4, 0.5) is 0 Å². The molecule has 0 radical (unpaired) electrons. The molecule has 51 heavy (non-hydrogen) atoms. The largest absolute Gasteiger partial charge is 1.00 e. The molecule has 1 heterocycles. The van der Waals surface area contributed by atoms with Gasteiger partial charge in [0.05, 0.1) is 49.3 Å². The summed E-state index contributed by atoms with van der Waals surface area (Å²) in [5, 5.41) is 78.5. The Morgan fingerprint density at radius 1 is 0.863 bits per heavy atom. The molecule has 0 aromatic heterocycles. The predicted octanol–water partition coefficient (Wildman–Crippen LogP) is -2.32. The summed E-state index contributed by atoms with van der Waals surface area (Å²) < 4.78 is 57.3. The molecular formula is C35H61NaO14S. The van der Waals surface area contributed by atoms with E-state index in [0.717, 1.165) is 6.42 Å². The average Bonchev–Trinajstić information content (AvgIpc) is 3.22.